The van der Waals surface area contributed by atoms with Crippen LogP contribution in [0.5, 0.6) is 0 Å². The molecular weight excluding hydrogens is 314 g/mol. The SMILES string of the molecule is CCCC(C)(NC(=O)/C=C/c1ccc(Br)o1)C(=O)O. The molecule has 1 amide bonds. The van der Waals surface area contributed by atoms with E-state index >= 15 is 0 Å². The second-order valence-corrected chi connectivity index (χ2v) is 5.13. The maximum atomic E-state index is 11.7. The molecule has 0 aliphatic heterocycles. The van der Waals surface area contributed by atoms with E-state index in [0.717, 1.165) is 0 Å². The number of halogens is 1. The van der Waals surface area contributed by atoms with Gasteiger partial charge in [-0.3, -0.25) is 4.79 Å². The fourth-order valence-corrected chi connectivity index (χ4v) is 1.93. The summed E-state index contributed by atoms with van der Waals surface area (Å²) in [5.41, 5.74) is -1.25. The minimum Gasteiger partial charge on any atom is -0.480 e. The number of carbonyl (C=O) groups excluding carboxylic acids is 1. The topological polar surface area (TPSA) is 79.5 Å². The number of hydrogen-bond acceptors (Lipinski definition) is 3. The fourth-order valence-electron chi connectivity index (χ4n) is 1.61. The van der Waals surface area contributed by atoms with E-state index in [0.29, 0.717) is 23.3 Å². The van der Waals surface area contributed by atoms with Gasteiger partial charge in [0.1, 0.15) is 11.3 Å². The van der Waals surface area contributed by atoms with Crippen LogP contribution in [0.3, 0.4) is 0 Å². The Morgan fingerprint density at radius 3 is 2.68 bits per heavy atom. The van der Waals surface area contributed by atoms with Crippen molar-refractivity contribution in [2.45, 2.75) is 32.2 Å². The molecule has 2 N–H and O–H groups in total. The van der Waals surface area contributed by atoms with Gasteiger partial charge in [0, 0.05) is 6.08 Å². The average Bonchev–Trinajstić information content (AvgIpc) is 2.72. The quantitative estimate of drug-likeness (QED) is 0.786. The first kappa shape index (κ1) is 15.5. The third-order valence-electron chi connectivity index (χ3n) is 2.61. The number of carboxylic acid groups (broad SMARTS) is 1. The first-order chi connectivity index (χ1) is 8.87. The second kappa shape index (κ2) is 6.56. The lowest BCUT2D eigenvalue weighted by Gasteiger charge is -2.24. The van der Waals surface area contributed by atoms with Crippen LogP contribution in [-0.2, 0) is 9.59 Å². The van der Waals surface area contributed by atoms with E-state index in [-0.39, 0.29) is 0 Å². The summed E-state index contributed by atoms with van der Waals surface area (Å²) in [5.74, 6) is -1.00. The Hall–Kier alpha value is -1.56. The Kier molecular flexibility index (Phi) is 5.35. The molecule has 0 aliphatic rings. The molecule has 0 saturated heterocycles. The second-order valence-electron chi connectivity index (χ2n) is 4.35. The predicted molar refractivity (Wildman–Crippen MR) is 74.5 cm³/mol. The van der Waals surface area contributed by atoms with E-state index in [4.69, 9.17) is 9.52 Å². The molecule has 0 aromatic carbocycles. The van der Waals surface area contributed by atoms with Gasteiger partial charge in [-0.05, 0) is 47.5 Å². The maximum absolute atomic E-state index is 11.7. The molecule has 1 aromatic heterocycles. The van der Waals surface area contributed by atoms with Gasteiger partial charge in [-0.2, -0.15) is 0 Å². The van der Waals surface area contributed by atoms with Crippen LogP contribution < -0.4 is 5.32 Å². The van der Waals surface area contributed by atoms with Gasteiger partial charge >= 0.3 is 5.97 Å². The molecule has 104 valence electrons. The smallest absolute Gasteiger partial charge is 0.329 e. The molecule has 1 unspecified atom stereocenters. The monoisotopic (exact) mass is 329 g/mol. The number of carboxylic acids is 1. The van der Waals surface area contributed by atoms with Gasteiger partial charge in [-0.15, -0.1) is 0 Å². The van der Waals surface area contributed by atoms with Crippen molar-refractivity contribution in [3.8, 4) is 0 Å². The van der Waals surface area contributed by atoms with E-state index in [2.05, 4.69) is 21.2 Å². The molecule has 6 heteroatoms. The van der Waals surface area contributed by atoms with Crippen LogP contribution >= 0.6 is 15.9 Å². The highest BCUT2D eigenvalue weighted by molar-refractivity contribution is 9.10. The zero-order valence-electron chi connectivity index (χ0n) is 10.8. The summed E-state index contributed by atoms with van der Waals surface area (Å²) in [7, 11) is 0. The largest absolute Gasteiger partial charge is 0.480 e. The summed E-state index contributed by atoms with van der Waals surface area (Å²) < 4.78 is 5.76. The van der Waals surface area contributed by atoms with Crippen molar-refractivity contribution in [2.75, 3.05) is 0 Å². The van der Waals surface area contributed by atoms with E-state index in [9.17, 15) is 9.59 Å². The van der Waals surface area contributed by atoms with Crippen LogP contribution in [0.25, 0.3) is 6.08 Å². The number of amides is 1. The van der Waals surface area contributed by atoms with Gasteiger partial charge in [0.05, 0.1) is 0 Å². The zero-order valence-corrected chi connectivity index (χ0v) is 12.4. The average molecular weight is 330 g/mol. The van der Waals surface area contributed by atoms with Crippen LogP contribution in [0.15, 0.2) is 27.3 Å². The Labute approximate surface area is 119 Å². The molecule has 0 spiro atoms. The standard InChI is InChI=1S/C13H16BrNO4/c1-3-8-13(2,12(17)18)15-11(16)7-5-9-4-6-10(14)19-9/h4-7H,3,8H2,1-2H3,(H,15,16)(H,17,18)/b7-5+. The van der Waals surface area contributed by atoms with Crippen molar-refractivity contribution in [3.05, 3.63) is 28.6 Å². The third kappa shape index (κ3) is 4.55. The summed E-state index contributed by atoms with van der Waals surface area (Å²) in [4.78, 5) is 22.9. The lowest BCUT2D eigenvalue weighted by atomic mass is 9.96. The molecular formula is C13H16BrNO4. The minimum atomic E-state index is -1.25. The van der Waals surface area contributed by atoms with Crippen LogP contribution in [0.4, 0.5) is 0 Å². The van der Waals surface area contributed by atoms with Gasteiger partial charge < -0.3 is 14.8 Å². The van der Waals surface area contributed by atoms with Gasteiger partial charge in [-0.25, -0.2) is 4.79 Å². The number of carbonyl (C=O) groups is 2. The lowest BCUT2D eigenvalue weighted by Crippen LogP contribution is -2.51. The molecule has 1 rings (SSSR count). The summed E-state index contributed by atoms with van der Waals surface area (Å²) in [6.07, 6.45) is 3.77. The van der Waals surface area contributed by atoms with E-state index < -0.39 is 17.4 Å². The van der Waals surface area contributed by atoms with Gasteiger partial charge in [0.25, 0.3) is 0 Å². The van der Waals surface area contributed by atoms with Crippen molar-refractivity contribution < 1.29 is 19.1 Å². The molecule has 0 bridgehead atoms. The maximum Gasteiger partial charge on any atom is 0.329 e. The highest BCUT2D eigenvalue weighted by atomic mass is 79.9. The van der Waals surface area contributed by atoms with Crippen molar-refractivity contribution >= 4 is 33.9 Å². The number of hydrogen-bond donors (Lipinski definition) is 2. The number of aliphatic carboxylic acids is 1. The van der Waals surface area contributed by atoms with Gasteiger partial charge in [0.15, 0.2) is 4.67 Å². The van der Waals surface area contributed by atoms with Crippen LogP contribution in [-0.4, -0.2) is 22.5 Å². The first-order valence-corrected chi connectivity index (χ1v) is 6.65. The fraction of sp³-hybridized carbons (Fsp3) is 0.385. The third-order valence-corrected chi connectivity index (χ3v) is 3.04. The van der Waals surface area contributed by atoms with E-state index in [1.54, 1.807) is 12.1 Å². The molecule has 1 atom stereocenters. The Morgan fingerprint density at radius 2 is 2.21 bits per heavy atom. The molecule has 0 aliphatic carbocycles. The molecule has 5 nitrogen and oxygen atoms in total. The van der Waals surface area contributed by atoms with Gasteiger partial charge in [0.2, 0.25) is 5.91 Å². The molecule has 0 radical (unpaired) electrons. The molecule has 1 aromatic rings. The Bertz CT molecular complexity index is 495. The van der Waals surface area contributed by atoms with Crippen LogP contribution in [0, 0.1) is 0 Å². The highest BCUT2D eigenvalue weighted by Crippen LogP contribution is 2.15. The van der Waals surface area contributed by atoms with E-state index in [1.165, 1.54) is 19.1 Å². The van der Waals surface area contributed by atoms with Gasteiger partial charge in [-0.1, -0.05) is 13.3 Å². The molecule has 1 heterocycles. The number of furan rings is 1. The predicted octanol–water partition coefficient (Wildman–Crippen LogP) is 2.81. The van der Waals surface area contributed by atoms with Crippen molar-refractivity contribution in [1.29, 1.82) is 0 Å². The van der Waals surface area contributed by atoms with Crippen molar-refractivity contribution in [1.82, 2.24) is 5.32 Å². The number of nitrogens with one attached hydrogen (secondary N) is 1. The van der Waals surface area contributed by atoms with Crippen molar-refractivity contribution in [3.63, 3.8) is 0 Å². The zero-order chi connectivity index (χ0) is 14.5. The minimum absolute atomic E-state index is 0.369. The first-order valence-electron chi connectivity index (χ1n) is 5.86. The summed E-state index contributed by atoms with van der Waals surface area (Å²) in [6.45, 7) is 3.36. The highest BCUT2D eigenvalue weighted by Gasteiger charge is 2.33. The van der Waals surface area contributed by atoms with Crippen LogP contribution in [0.1, 0.15) is 32.4 Å². The summed E-state index contributed by atoms with van der Waals surface area (Å²) in [5, 5.41) is 11.6. The lowest BCUT2D eigenvalue weighted by molar-refractivity contribution is -0.146. The van der Waals surface area contributed by atoms with Crippen LogP contribution in [0.2, 0.25) is 0 Å². The Balaban J connectivity index is 2.68. The Morgan fingerprint density at radius 1 is 1.53 bits per heavy atom. The van der Waals surface area contributed by atoms with Crippen molar-refractivity contribution in [2.24, 2.45) is 0 Å². The normalized spacial score (nSPS) is 14.3. The van der Waals surface area contributed by atoms with E-state index in [1.807, 2.05) is 6.92 Å². The molecule has 0 fully saturated rings. The molecule has 19 heavy (non-hydrogen) atoms. The summed E-state index contributed by atoms with van der Waals surface area (Å²) in [6, 6.07) is 3.40. The number of rotatable bonds is 6. The summed E-state index contributed by atoms with van der Waals surface area (Å²) >= 11 is 3.15. The molecule has 0 saturated carbocycles.